The summed E-state index contributed by atoms with van der Waals surface area (Å²) in [7, 11) is 0. The zero-order valence-electron chi connectivity index (χ0n) is 23.6. The molecule has 42 heavy (non-hydrogen) atoms. The highest BCUT2D eigenvalue weighted by atomic mass is 16.2. The normalized spacial score (nSPS) is 11.2. The Kier molecular flexibility index (Phi) is 7.18. The summed E-state index contributed by atoms with van der Waals surface area (Å²) in [4.78, 5) is 43.7. The third-order valence-electron chi connectivity index (χ3n) is 7.33. The van der Waals surface area contributed by atoms with Crippen molar-refractivity contribution in [3.63, 3.8) is 0 Å². The van der Waals surface area contributed by atoms with Gasteiger partial charge in [-0.3, -0.25) is 19.7 Å². The maximum Gasteiger partial charge on any atom is 0.253 e. The molecule has 4 aromatic heterocycles. The van der Waals surface area contributed by atoms with Gasteiger partial charge in [-0.05, 0) is 49.7 Å². The van der Waals surface area contributed by atoms with E-state index in [0.29, 0.717) is 47.9 Å². The molecule has 2 aromatic carbocycles. The summed E-state index contributed by atoms with van der Waals surface area (Å²) < 4.78 is 0. The third-order valence-corrected chi connectivity index (χ3v) is 7.33. The molecule has 0 spiro atoms. The maximum atomic E-state index is 12.8. The lowest BCUT2D eigenvalue weighted by atomic mass is 10.0. The summed E-state index contributed by atoms with van der Waals surface area (Å²) in [6, 6.07) is 17.5. The first-order valence-corrected chi connectivity index (χ1v) is 14.0. The SMILES string of the molecule is CCC(=O)Nc1cncc(-c2cnc3n[nH]c(-c4nc5c(-c6ccc(C(=O)N(CC)CC)cc6)cccc5[nH]4)c3c2)c1. The Balaban J connectivity index is 1.35. The van der Waals surface area contributed by atoms with Gasteiger partial charge in [-0.2, -0.15) is 5.10 Å². The van der Waals surface area contributed by atoms with Gasteiger partial charge in [0, 0.05) is 54.2 Å². The first-order valence-electron chi connectivity index (χ1n) is 14.0. The highest BCUT2D eigenvalue weighted by Gasteiger charge is 2.17. The molecular weight excluding hydrogens is 528 g/mol. The molecule has 4 heterocycles. The van der Waals surface area contributed by atoms with Gasteiger partial charge >= 0.3 is 0 Å². The van der Waals surface area contributed by atoms with E-state index in [1.165, 1.54) is 0 Å². The van der Waals surface area contributed by atoms with Crippen LogP contribution in [0.1, 0.15) is 37.6 Å². The number of nitrogens with one attached hydrogen (secondary N) is 3. The minimum atomic E-state index is -0.0760. The van der Waals surface area contributed by atoms with Gasteiger partial charge in [-0.1, -0.05) is 31.2 Å². The molecule has 0 atom stereocenters. The van der Waals surface area contributed by atoms with E-state index >= 15 is 0 Å². The number of carbonyl (C=O) groups excluding carboxylic acids is 2. The molecule has 0 saturated carbocycles. The minimum Gasteiger partial charge on any atom is -0.339 e. The lowest BCUT2D eigenvalue weighted by molar-refractivity contribution is -0.115. The molecule has 3 N–H and O–H groups in total. The Morgan fingerprint density at radius 3 is 2.45 bits per heavy atom. The number of benzene rings is 2. The summed E-state index contributed by atoms with van der Waals surface area (Å²) in [5, 5.41) is 11.1. The molecule has 0 saturated heterocycles. The molecule has 210 valence electrons. The van der Waals surface area contributed by atoms with Gasteiger partial charge in [0.15, 0.2) is 11.5 Å². The van der Waals surface area contributed by atoms with Crippen LogP contribution >= 0.6 is 0 Å². The topological polar surface area (TPSA) is 133 Å². The second-order valence-corrected chi connectivity index (χ2v) is 9.90. The number of carbonyl (C=O) groups is 2. The lowest BCUT2D eigenvalue weighted by Gasteiger charge is -2.18. The summed E-state index contributed by atoms with van der Waals surface area (Å²) >= 11 is 0. The van der Waals surface area contributed by atoms with Gasteiger partial charge in [0.25, 0.3) is 5.91 Å². The van der Waals surface area contributed by atoms with Crippen LogP contribution in [0.15, 0.2) is 73.2 Å². The van der Waals surface area contributed by atoms with Gasteiger partial charge in [0.2, 0.25) is 5.91 Å². The number of pyridine rings is 2. The van der Waals surface area contributed by atoms with Crippen LogP contribution in [0.2, 0.25) is 0 Å². The minimum absolute atomic E-state index is 0.0270. The second-order valence-electron chi connectivity index (χ2n) is 9.90. The fourth-order valence-electron chi connectivity index (χ4n) is 5.02. The van der Waals surface area contributed by atoms with Crippen LogP contribution in [0, 0.1) is 0 Å². The summed E-state index contributed by atoms with van der Waals surface area (Å²) in [6.45, 7) is 7.11. The average molecular weight is 559 g/mol. The maximum absolute atomic E-state index is 12.8. The third kappa shape index (κ3) is 4.98. The van der Waals surface area contributed by atoms with Crippen molar-refractivity contribution < 1.29 is 9.59 Å². The standard InChI is InChI=1S/C32H30N8O2/c1-4-27(41)35-23-14-21(16-33-18-23)22-15-25-29(38-39-30(25)34-17-22)31-36-26-9-7-8-24(28(26)37-31)19-10-12-20(13-11-19)32(42)40(5-2)6-3/h7-18H,4-6H2,1-3H3,(H,35,41)(H,36,37)(H,34,38,39). The second kappa shape index (κ2) is 11.2. The van der Waals surface area contributed by atoms with Crippen molar-refractivity contribution in [2.75, 3.05) is 18.4 Å². The largest absolute Gasteiger partial charge is 0.339 e. The number of aromatic nitrogens is 6. The van der Waals surface area contributed by atoms with Gasteiger partial charge in [0.05, 0.1) is 28.3 Å². The van der Waals surface area contributed by atoms with Crippen molar-refractivity contribution in [2.24, 2.45) is 0 Å². The van der Waals surface area contributed by atoms with Crippen LogP contribution in [0.25, 0.3) is 55.8 Å². The summed E-state index contributed by atoms with van der Waals surface area (Å²) in [5.41, 5.74) is 7.83. The highest BCUT2D eigenvalue weighted by molar-refractivity contribution is 5.99. The molecule has 6 rings (SSSR count). The first-order chi connectivity index (χ1) is 20.5. The Hall–Kier alpha value is -5.38. The van der Waals surface area contributed by atoms with Gasteiger partial charge < -0.3 is 15.2 Å². The van der Waals surface area contributed by atoms with E-state index in [0.717, 1.165) is 38.7 Å². The van der Waals surface area contributed by atoms with Crippen molar-refractivity contribution in [3.05, 3.63) is 78.8 Å². The molecule has 0 radical (unpaired) electrons. The van der Waals surface area contributed by atoms with E-state index < -0.39 is 0 Å². The zero-order valence-corrected chi connectivity index (χ0v) is 23.6. The van der Waals surface area contributed by atoms with Crippen LogP contribution in [0.4, 0.5) is 5.69 Å². The molecule has 0 fully saturated rings. The number of rotatable bonds is 8. The van der Waals surface area contributed by atoms with Crippen LogP contribution < -0.4 is 5.32 Å². The number of hydrogen-bond acceptors (Lipinski definition) is 6. The summed E-state index contributed by atoms with van der Waals surface area (Å²) in [5.74, 6) is 0.585. The number of anilines is 1. The van der Waals surface area contributed by atoms with Crippen molar-refractivity contribution in [3.8, 4) is 33.8 Å². The number of H-pyrrole nitrogens is 2. The molecule has 10 nitrogen and oxygen atoms in total. The number of nitrogens with zero attached hydrogens (tertiary/aromatic N) is 5. The van der Waals surface area contributed by atoms with E-state index in [2.05, 4.69) is 30.5 Å². The Bertz CT molecular complexity index is 1920. The van der Waals surface area contributed by atoms with E-state index in [1.807, 2.05) is 73.3 Å². The number of fused-ring (bicyclic) bond motifs is 2. The fourth-order valence-corrected chi connectivity index (χ4v) is 5.02. The van der Waals surface area contributed by atoms with E-state index in [9.17, 15) is 9.59 Å². The van der Waals surface area contributed by atoms with Crippen molar-refractivity contribution >= 4 is 39.6 Å². The quantitative estimate of drug-likeness (QED) is 0.208. The fraction of sp³-hybridized carbons (Fsp3) is 0.188. The van der Waals surface area contributed by atoms with Crippen LogP contribution in [-0.4, -0.2) is 59.9 Å². The predicted molar refractivity (Wildman–Crippen MR) is 164 cm³/mol. The molecule has 6 aromatic rings. The lowest BCUT2D eigenvalue weighted by Crippen LogP contribution is -2.30. The molecule has 0 aliphatic carbocycles. The average Bonchev–Trinajstić information content (AvgIpc) is 3.65. The number of amides is 2. The van der Waals surface area contributed by atoms with E-state index in [-0.39, 0.29) is 11.8 Å². The zero-order chi connectivity index (χ0) is 29.2. The van der Waals surface area contributed by atoms with E-state index in [4.69, 9.17) is 4.98 Å². The molecule has 0 unspecified atom stereocenters. The molecule has 0 aliphatic rings. The molecule has 2 amide bonds. The monoisotopic (exact) mass is 558 g/mol. The molecular formula is C32H30N8O2. The molecule has 10 heteroatoms. The molecule has 0 aliphatic heterocycles. The van der Waals surface area contributed by atoms with Crippen molar-refractivity contribution in [1.82, 2.24) is 35.0 Å². The Morgan fingerprint density at radius 2 is 1.69 bits per heavy atom. The van der Waals surface area contributed by atoms with Gasteiger partial charge in [-0.15, -0.1) is 0 Å². The van der Waals surface area contributed by atoms with Crippen LogP contribution in [0.3, 0.4) is 0 Å². The number of para-hydroxylation sites is 1. The van der Waals surface area contributed by atoms with E-state index in [1.54, 1.807) is 25.5 Å². The van der Waals surface area contributed by atoms with Crippen LogP contribution in [0.5, 0.6) is 0 Å². The Labute approximate surface area is 242 Å². The summed E-state index contributed by atoms with van der Waals surface area (Å²) in [6.07, 6.45) is 5.48. The van der Waals surface area contributed by atoms with Crippen molar-refractivity contribution in [2.45, 2.75) is 27.2 Å². The van der Waals surface area contributed by atoms with Crippen molar-refractivity contribution in [1.29, 1.82) is 0 Å². The predicted octanol–water partition coefficient (Wildman–Crippen LogP) is 6.06. The highest BCUT2D eigenvalue weighted by Crippen LogP contribution is 2.33. The Morgan fingerprint density at radius 1 is 0.905 bits per heavy atom. The number of aromatic amines is 2. The molecule has 0 bridgehead atoms. The van der Waals surface area contributed by atoms with Gasteiger partial charge in [0.1, 0.15) is 5.69 Å². The smallest absolute Gasteiger partial charge is 0.253 e. The van der Waals surface area contributed by atoms with Gasteiger partial charge in [-0.25, -0.2) is 9.97 Å². The van der Waals surface area contributed by atoms with Crippen LogP contribution in [-0.2, 0) is 4.79 Å². The number of hydrogen-bond donors (Lipinski definition) is 3. The number of imidazole rings is 1. The first kappa shape index (κ1) is 26.8.